The molecule has 0 spiro atoms. The van der Waals surface area contributed by atoms with Crippen molar-refractivity contribution >= 4 is 21.2 Å². The molecule has 0 amide bonds. The average molecular weight is 463 g/mol. The summed E-state index contributed by atoms with van der Waals surface area (Å²) in [7, 11) is 2.55. The average Bonchev–Trinajstić information content (AvgIpc) is 2.71. The zero-order valence-electron chi connectivity index (χ0n) is 19.7. The van der Waals surface area contributed by atoms with E-state index in [1.165, 1.54) is 13.8 Å². The highest BCUT2D eigenvalue weighted by Crippen LogP contribution is 2.39. The van der Waals surface area contributed by atoms with Crippen LogP contribution in [0.15, 0.2) is 0 Å². The van der Waals surface area contributed by atoms with E-state index in [1.54, 1.807) is 0 Å². The predicted molar refractivity (Wildman–Crippen MR) is 117 cm³/mol. The topological polar surface area (TPSA) is 89.5 Å². The fourth-order valence-corrected chi connectivity index (χ4v) is 4.54. The lowest BCUT2D eigenvalue weighted by atomic mass is 9.82. The minimum Gasteiger partial charge on any atom is -0.463 e. The second kappa shape index (κ2) is 11.9. The number of carbonyl (C=O) groups excluding carboxylic acids is 2. The maximum Gasteiger partial charge on any atom is 0.303 e. The van der Waals surface area contributed by atoms with Crippen molar-refractivity contribution in [2.24, 2.45) is 23.7 Å². The van der Waals surface area contributed by atoms with Gasteiger partial charge in [-0.25, -0.2) is 0 Å². The lowest BCUT2D eigenvalue weighted by molar-refractivity contribution is -0.333. The molecule has 2 rings (SSSR count). The molecule has 8 nitrogen and oxygen atoms in total. The van der Waals surface area contributed by atoms with Crippen LogP contribution in [0.25, 0.3) is 0 Å². The van der Waals surface area contributed by atoms with Crippen molar-refractivity contribution in [1.29, 1.82) is 0 Å². The van der Waals surface area contributed by atoms with Gasteiger partial charge in [-0.3, -0.25) is 9.59 Å². The maximum atomic E-state index is 11.8. The van der Waals surface area contributed by atoms with E-state index in [2.05, 4.69) is 23.1 Å². The zero-order chi connectivity index (χ0) is 23.3. The first-order valence-corrected chi connectivity index (χ1v) is 12.0. The van der Waals surface area contributed by atoms with Gasteiger partial charge in [-0.05, 0) is 18.3 Å². The predicted octanol–water partition coefficient (Wildman–Crippen LogP) is 3.12. The molecule has 0 N–H and O–H groups in total. The normalized spacial score (nSPS) is 40.9. The third-order valence-corrected chi connectivity index (χ3v) is 6.86. The van der Waals surface area contributed by atoms with E-state index in [0.29, 0.717) is 6.35 Å². The van der Waals surface area contributed by atoms with Gasteiger partial charge in [0, 0.05) is 25.7 Å². The van der Waals surface area contributed by atoms with E-state index < -0.39 is 12.4 Å². The van der Waals surface area contributed by atoms with Crippen LogP contribution in [0, 0.1) is 23.7 Å². The summed E-state index contributed by atoms with van der Waals surface area (Å²) in [6, 6.07) is 0. The van der Waals surface area contributed by atoms with Crippen LogP contribution in [0.2, 0.25) is 0 Å². The molecular weight excluding hydrogens is 423 g/mol. The van der Waals surface area contributed by atoms with Crippen molar-refractivity contribution < 1.29 is 38.0 Å². The molecule has 0 saturated carbocycles. The Morgan fingerprint density at radius 3 is 2.00 bits per heavy atom. The number of ether oxygens (including phenoxy) is 6. The Bertz CT molecular complexity index is 598. The van der Waals surface area contributed by atoms with E-state index in [1.807, 2.05) is 20.8 Å². The van der Waals surface area contributed by atoms with Gasteiger partial charge < -0.3 is 28.4 Å². The first kappa shape index (κ1) is 26.5. The summed E-state index contributed by atoms with van der Waals surface area (Å²) in [6.07, 6.45) is -1.22. The molecule has 9 heteroatoms. The first-order valence-electron chi connectivity index (χ1n) is 11.2. The molecule has 2 heterocycles. The molecule has 2 aliphatic rings. The molecular formula is C22H39O8P. The molecule has 0 aromatic carbocycles. The summed E-state index contributed by atoms with van der Waals surface area (Å²) >= 11 is 0. The van der Waals surface area contributed by atoms with Crippen molar-refractivity contribution in [1.82, 2.24) is 0 Å². The number of esters is 2. The Labute approximate surface area is 188 Å². The lowest BCUT2D eigenvalue weighted by Gasteiger charge is -2.48. The van der Waals surface area contributed by atoms with Crippen LogP contribution >= 0.6 is 9.24 Å². The van der Waals surface area contributed by atoms with Crippen molar-refractivity contribution in [3.05, 3.63) is 0 Å². The molecule has 0 aromatic rings. The molecule has 2 saturated heterocycles. The highest BCUT2D eigenvalue weighted by atomic mass is 31.0. The van der Waals surface area contributed by atoms with E-state index in [-0.39, 0.29) is 66.8 Å². The summed E-state index contributed by atoms with van der Waals surface area (Å²) in [5, 5.41) is 0. The van der Waals surface area contributed by atoms with Crippen LogP contribution < -0.4 is 0 Å². The second-order valence-corrected chi connectivity index (χ2v) is 9.07. The molecule has 0 radical (unpaired) electrons. The Morgan fingerprint density at radius 1 is 0.839 bits per heavy atom. The van der Waals surface area contributed by atoms with Gasteiger partial charge in [0.2, 0.25) is 0 Å². The van der Waals surface area contributed by atoms with Crippen molar-refractivity contribution in [3.8, 4) is 0 Å². The summed E-state index contributed by atoms with van der Waals surface area (Å²) in [5.74, 6) is -0.557. The first-order chi connectivity index (χ1) is 14.6. The maximum absolute atomic E-state index is 11.8. The lowest BCUT2D eigenvalue weighted by Crippen LogP contribution is -2.58. The van der Waals surface area contributed by atoms with Gasteiger partial charge in [-0.15, -0.1) is 9.24 Å². The fraction of sp³-hybridized carbons (Fsp3) is 0.909. The Kier molecular flexibility index (Phi) is 10.2. The van der Waals surface area contributed by atoms with Gasteiger partial charge in [-0.2, -0.15) is 0 Å². The SMILES string of the molecule is CCC1O[C@H](OCP)C(C)[C@@H](C)[C@@H]1O[C@@H]1OC(COC(C)=O)[C@H](C)[C@H](C)C1OC(C)=O. The van der Waals surface area contributed by atoms with Gasteiger partial charge in [0.25, 0.3) is 0 Å². The largest absolute Gasteiger partial charge is 0.463 e. The Hall–Kier alpha value is -0.790. The second-order valence-electron chi connectivity index (χ2n) is 8.74. The molecule has 2 fully saturated rings. The number of hydrogen-bond acceptors (Lipinski definition) is 8. The minimum absolute atomic E-state index is 0.00399. The third kappa shape index (κ3) is 6.61. The van der Waals surface area contributed by atoms with Gasteiger partial charge in [0.15, 0.2) is 18.7 Å². The van der Waals surface area contributed by atoms with Gasteiger partial charge in [0.05, 0.1) is 24.7 Å². The van der Waals surface area contributed by atoms with Crippen molar-refractivity contribution in [2.75, 3.05) is 13.0 Å². The van der Waals surface area contributed by atoms with Crippen molar-refractivity contribution in [3.63, 3.8) is 0 Å². The van der Waals surface area contributed by atoms with E-state index >= 15 is 0 Å². The monoisotopic (exact) mass is 462 g/mol. The van der Waals surface area contributed by atoms with Crippen LogP contribution in [0.1, 0.15) is 54.9 Å². The quantitative estimate of drug-likeness (QED) is 0.402. The van der Waals surface area contributed by atoms with Crippen LogP contribution in [0.5, 0.6) is 0 Å². The fourth-order valence-electron chi connectivity index (χ4n) is 4.35. The smallest absolute Gasteiger partial charge is 0.303 e. The highest BCUT2D eigenvalue weighted by molar-refractivity contribution is 7.16. The summed E-state index contributed by atoms with van der Waals surface area (Å²) in [4.78, 5) is 23.1. The van der Waals surface area contributed by atoms with Crippen LogP contribution in [-0.2, 0) is 38.0 Å². The molecule has 180 valence electrons. The molecule has 5 unspecified atom stereocenters. The molecule has 0 bridgehead atoms. The van der Waals surface area contributed by atoms with E-state index in [4.69, 9.17) is 28.4 Å². The number of hydrogen-bond donors (Lipinski definition) is 0. The zero-order valence-corrected chi connectivity index (χ0v) is 20.9. The number of carbonyl (C=O) groups is 2. The van der Waals surface area contributed by atoms with Gasteiger partial charge in [-0.1, -0.05) is 34.6 Å². The molecule has 2 aliphatic heterocycles. The summed E-state index contributed by atoms with van der Waals surface area (Å²) in [5.41, 5.74) is 0. The Balaban J connectivity index is 2.23. The highest BCUT2D eigenvalue weighted by Gasteiger charge is 2.49. The third-order valence-electron chi connectivity index (χ3n) is 6.67. The van der Waals surface area contributed by atoms with Crippen molar-refractivity contribution in [2.45, 2.75) is 91.9 Å². The summed E-state index contributed by atoms with van der Waals surface area (Å²) in [6.45, 7) is 13.1. The van der Waals surface area contributed by atoms with Crippen LogP contribution in [0.3, 0.4) is 0 Å². The van der Waals surface area contributed by atoms with Gasteiger partial charge in [0.1, 0.15) is 6.61 Å². The van der Waals surface area contributed by atoms with Gasteiger partial charge >= 0.3 is 11.9 Å². The number of rotatable bonds is 8. The van der Waals surface area contributed by atoms with E-state index in [0.717, 1.165) is 6.42 Å². The minimum atomic E-state index is -0.785. The standard InChI is InChI=1S/C22H39O8P/c1-8-17-19(13(4)14(5)21(28-17)26-10-31)30-22-20(27-16(7)24)12(3)11(2)18(29-22)9-25-15(6)23/h11-14,17-22H,8-10,31H2,1-7H3/t11-,12+,13-,14?,17?,18?,19+,20?,21+,22+/m1/s1. The van der Waals surface area contributed by atoms with E-state index in [9.17, 15) is 9.59 Å². The Morgan fingerprint density at radius 2 is 1.45 bits per heavy atom. The summed E-state index contributed by atoms with van der Waals surface area (Å²) < 4.78 is 35.5. The molecule has 31 heavy (non-hydrogen) atoms. The molecule has 11 atom stereocenters. The van der Waals surface area contributed by atoms with Crippen LogP contribution in [0.4, 0.5) is 0 Å². The van der Waals surface area contributed by atoms with Crippen LogP contribution in [-0.4, -0.2) is 61.9 Å². The molecule has 0 aliphatic carbocycles. The molecule has 0 aromatic heterocycles.